The fourth-order valence-corrected chi connectivity index (χ4v) is 3.85. The van der Waals surface area contributed by atoms with Crippen LogP contribution in [0.5, 0.6) is 5.75 Å². The van der Waals surface area contributed by atoms with Gasteiger partial charge < -0.3 is 19.9 Å². The fourth-order valence-electron chi connectivity index (χ4n) is 3.85. The zero-order valence-electron chi connectivity index (χ0n) is 15.7. The first kappa shape index (κ1) is 19.7. The lowest BCUT2D eigenvalue weighted by Crippen LogP contribution is -2.46. The molecule has 0 unspecified atom stereocenters. The molecule has 0 atom stereocenters. The van der Waals surface area contributed by atoms with Gasteiger partial charge in [-0.1, -0.05) is 19.3 Å². The number of aliphatic carboxylic acids is 1. The van der Waals surface area contributed by atoms with Crippen LogP contribution in [-0.4, -0.2) is 43.3 Å². The van der Waals surface area contributed by atoms with Crippen LogP contribution in [0.3, 0.4) is 0 Å². The Kier molecular flexibility index (Phi) is 6.72. The van der Waals surface area contributed by atoms with Gasteiger partial charge in [-0.15, -0.1) is 0 Å². The van der Waals surface area contributed by atoms with Gasteiger partial charge in [-0.05, 0) is 55.9 Å². The van der Waals surface area contributed by atoms with E-state index in [1.807, 2.05) is 0 Å². The maximum atomic E-state index is 12.4. The minimum absolute atomic E-state index is 0.116. The molecule has 1 saturated carbocycles. The minimum atomic E-state index is -0.934. The number of rotatable bonds is 7. The second kappa shape index (κ2) is 9.22. The largest absolute Gasteiger partial charge is 0.493 e. The number of carboxylic acids is 1. The zero-order chi connectivity index (χ0) is 19.1. The summed E-state index contributed by atoms with van der Waals surface area (Å²) in [6.45, 7) is 1.67. The molecule has 1 aliphatic carbocycles. The van der Waals surface area contributed by atoms with E-state index in [4.69, 9.17) is 9.47 Å². The lowest BCUT2D eigenvalue weighted by Gasteiger charge is -2.33. The third-order valence-corrected chi connectivity index (χ3v) is 5.82. The fraction of sp³-hybridized carbons (Fsp3) is 0.619. The van der Waals surface area contributed by atoms with E-state index in [2.05, 4.69) is 5.32 Å². The molecule has 2 fully saturated rings. The predicted molar refractivity (Wildman–Crippen MR) is 101 cm³/mol. The van der Waals surface area contributed by atoms with E-state index in [9.17, 15) is 14.7 Å². The molecular weight excluding hydrogens is 346 g/mol. The van der Waals surface area contributed by atoms with E-state index in [0.717, 1.165) is 12.4 Å². The number of carbonyl (C=O) groups excluding carboxylic acids is 1. The van der Waals surface area contributed by atoms with Gasteiger partial charge in [-0.25, -0.2) is 0 Å². The average Bonchev–Trinajstić information content (AvgIpc) is 2.72. The Hall–Kier alpha value is -2.08. The van der Waals surface area contributed by atoms with E-state index in [1.54, 1.807) is 24.3 Å². The highest BCUT2D eigenvalue weighted by Gasteiger charge is 2.40. The van der Waals surface area contributed by atoms with Crippen LogP contribution in [0.25, 0.3) is 0 Å². The summed E-state index contributed by atoms with van der Waals surface area (Å²) in [4.78, 5) is 24.0. The third kappa shape index (κ3) is 5.22. The number of amides is 1. The summed E-state index contributed by atoms with van der Waals surface area (Å²) in [6, 6.07) is 7.06. The number of benzene rings is 1. The molecule has 6 heteroatoms. The van der Waals surface area contributed by atoms with E-state index in [1.165, 1.54) is 32.1 Å². The molecule has 0 bridgehead atoms. The second-order valence-electron chi connectivity index (χ2n) is 7.72. The molecule has 1 heterocycles. The standard InChI is InChI=1S/C21H29NO5/c23-19(22-15-21(20(24)25)10-12-26-13-11-21)17-6-8-18(9-7-17)27-14-16-4-2-1-3-5-16/h6-9,16H,1-5,10-15H2,(H,22,23)(H,24,25). The van der Waals surface area contributed by atoms with Gasteiger partial charge in [0.1, 0.15) is 5.75 Å². The maximum Gasteiger partial charge on any atom is 0.311 e. The van der Waals surface area contributed by atoms with Crippen molar-refractivity contribution in [3.63, 3.8) is 0 Å². The Balaban J connectivity index is 1.50. The smallest absolute Gasteiger partial charge is 0.311 e. The number of carbonyl (C=O) groups is 2. The lowest BCUT2D eigenvalue weighted by atomic mass is 9.80. The molecule has 0 spiro atoms. The Bertz CT molecular complexity index is 630. The van der Waals surface area contributed by atoms with Gasteiger partial charge in [0.2, 0.25) is 0 Å². The number of ether oxygens (including phenoxy) is 2. The summed E-state index contributed by atoms with van der Waals surface area (Å²) in [5.41, 5.74) is -0.427. The number of hydrogen-bond donors (Lipinski definition) is 2. The number of carboxylic acid groups (broad SMARTS) is 1. The first-order chi connectivity index (χ1) is 13.1. The molecule has 0 aromatic heterocycles. The van der Waals surface area contributed by atoms with Crippen molar-refractivity contribution in [2.24, 2.45) is 11.3 Å². The molecule has 3 rings (SSSR count). The highest BCUT2D eigenvalue weighted by atomic mass is 16.5. The molecule has 1 amide bonds. The van der Waals surface area contributed by atoms with Gasteiger partial charge in [0.15, 0.2) is 0 Å². The Morgan fingerprint density at radius 2 is 1.78 bits per heavy atom. The van der Waals surface area contributed by atoms with Crippen molar-refractivity contribution in [1.82, 2.24) is 5.32 Å². The first-order valence-corrected chi connectivity index (χ1v) is 9.91. The molecule has 1 saturated heterocycles. The molecule has 2 N–H and O–H groups in total. The maximum absolute atomic E-state index is 12.4. The predicted octanol–water partition coefficient (Wildman–Crippen LogP) is 3.26. The lowest BCUT2D eigenvalue weighted by molar-refractivity contribution is -0.154. The van der Waals surface area contributed by atoms with Crippen LogP contribution >= 0.6 is 0 Å². The van der Waals surface area contributed by atoms with E-state index >= 15 is 0 Å². The average molecular weight is 375 g/mol. The molecule has 2 aliphatic rings. The quantitative estimate of drug-likeness (QED) is 0.764. The Labute approximate surface area is 160 Å². The van der Waals surface area contributed by atoms with Crippen LogP contribution < -0.4 is 10.1 Å². The summed E-state index contributed by atoms with van der Waals surface area (Å²) in [7, 11) is 0. The minimum Gasteiger partial charge on any atom is -0.493 e. The third-order valence-electron chi connectivity index (χ3n) is 5.82. The van der Waals surface area contributed by atoms with Crippen molar-refractivity contribution in [2.45, 2.75) is 44.9 Å². The molecule has 0 radical (unpaired) electrons. The zero-order valence-corrected chi connectivity index (χ0v) is 15.7. The van der Waals surface area contributed by atoms with Gasteiger partial charge in [-0.2, -0.15) is 0 Å². The highest BCUT2D eigenvalue weighted by Crippen LogP contribution is 2.30. The summed E-state index contributed by atoms with van der Waals surface area (Å²) >= 11 is 0. The molecule has 1 aliphatic heterocycles. The summed E-state index contributed by atoms with van der Waals surface area (Å²) in [5.74, 6) is 0.260. The van der Waals surface area contributed by atoms with Gasteiger partial charge in [-0.3, -0.25) is 9.59 Å². The molecule has 1 aromatic carbocycles. The van der Waals surface area contributed by atoms with Gasteiger partial charge in [0.25, 0.3) is 5.91 Å². The molecule has 27 heavy (non-hydrogen) atoms. The van der Waals surface area contributed by atoms with Crippen molar-refractivity contribution in [3.05, 3.63) is 29.8 Å². The van der Waals surface area contributed by atoms with Crippen LogP contribution in [0, 0.1) is 11.3 Å². The van der Waals surface area contributed by atoms with Crippen LogP contribution in [-0.2, 0) is 9.53 Å². The highest BCUT2D eigenvalue weighted by molar-refractivity contribution is 5.94. The number of hydrogen-bond acceptors (Lipinski definition) is 4. The SMILES string of the molecule is O=C(NCC1(C(=O)O)CCOCC1)c1ccc(OCC2CCCCC2)cc1. The van der Waals surface area contributed by atoms with Crippen LogP contribution in [0.2, 0.25) is 0 Å². The normalized spacial score (nSPS) is 20.0. The van der Waals surface area contributed by atoms with Crippen molar-refractivity contribution < 1.29 is 24.2 Å². The van der Waals surface area contributed by atoms with Crippen LogP contribution in [0.4, 0.5) is 0 Å². The van der Waals surface area contributed by atoms with E-state index in [-0.39, 0.29) is 12.5 Å². The second-order valence-corrected chi connectivity index (χ2v) is 7.72. The molecule has 148 valence electrons. The Morgan fingerprint density at radius 1 is 1.11 bits per heavy atom. The summed E-state index contributed by atoms with van der Waals surface area (Å²) in [6.07, 6.45) is 7.20. The van der Waals surface area contributed by atoms with Crippen LogP contribution in [0.15, 0.2) is 24.3 Å². The van der Waals surface area contributed by atoms with Crippen LogP contribution in [0.1, 0.15) is 55.3 Å². The van der Waals surface area contributed by atoms with Gasteiger partial charge in [0, 0.05) is 25.3 Å². The van der Waals surface area contributed by atoms with Gasteiger partial charge >= 0.3 is 5.97 Å². The topological polar surface area (TPSA) is 84.9 Å². The van der Waals surface area contributed by atoms with E-state index < -0.39 is 11.4 Å². The van der Waals surface area contributed by atoms with Crippen molar-refractivity contribution in [1.29, 1.82) is 0 Å². The molecule has 6 nitrogen and oxygen atoms in total. The molecule has 1 aromatic rings. The van der Waals surface area contributed by atoms with Crippen molar-refractivity contribution >= 4 is 11.9 Å². The monoisotopic (exact) mass is 375 g/mol. The molecular formula is C21H29NO5. The van der Waals surface area contributed by atoms with Gasteiger partial charge in [0.05, 0.1) is 12.0 Å². The Morgan fingerprint density at radius 3 is 2.41 bits per heavy atom. The number of nitrogens with one attached hydrogen (secondary N) is 1. The van der Waals surface area contributed by atoms with Crippen molar-refractivity contribution in [3.8, 4) is 5.75 Å². The van der Waals surface area contributed by atoms with E-state index in [0.29, 0.717) is 37.5 Å². The van der Waals surface area contributed by atoms with Crippen molar-refractivity contribution in [2.75, 3.05) is 26.4 Å². The summed E-state index contributed by atoms with van der Waals surface area (Å²) < 4.78 is 11.1. The first-order valence-electron chi connectivity index (χ1n) is 9.91. The summed E-state index contributed by atoms with van der Waals surface area (Å²) in [5, 5.41) is 12.3.